The minimum atomic E-state index is -3.32. The maximum absolute atomic E-state index is 13.3. The van der Waals surface area contributed by atoms with Gasteiger partial charge in [0, 0.05) is 24.9 Å². The van der Waals surface area contributed by atoms with Gasteiger partial charge in [0.15, 0.2) is 15.0 Å². The number of sulfone groups is 1. The molecule has 3 rings (SSSR count). The molecular weight excluding hydrogens is 477 g/mol. The third kappa shape index (κ3) is 5.96. The first kappa shape index (κ1) is 25.5. The van der Waals surface area contributed by atoms with Crippen molar-refractivity contribution in [3.05, 3.63) is 53.1 Å². The van der Waals surface area contributed by atoms with Gasteiger partial charge in [0.1, 0.15) is 5.52 Å². The van der Waals surface area contributed by atoms with Crippen molar-refractivity contribution in [1.29, 1.82) is 0 Å². The highest BCUT2D eigenvalue weighted by molar-refractivity contribution is 7.90. The van der Waals surface area contributed by atoms with E-state index in [0.29, 0.717) is 34.3 Å². The van der Waals surface area contributed by atoms with Crippen LogP contribution in [0.3, 0.4) is 0 Å². The number of amides is 1. The van der Waals surface area contributed by atoms with Crippen LogP contribution in [0.1, 0.15) is 24.2 Å². The van der Waals surface area contributed by atoms with Gasteiger partial charge in [-0.1, -0.05) is 42.9 Å². The molecule has 0 bridgehead atoms. The number of thiazole rings is 1. The molecule has 31 heavy (non-hydrogen) atoms. The number of hydrogen-bond donors (Lipinski definition) is 0. The highest BCUT2D eigenvalue weighted by Crippen LogP contribution is 2.33. The fourth-order valence-corrected chi connectivity index (χ4v) is 5.00. The van der Waals surface area contributed by atoms with E-state index >= 15 is 0 Å². The number of rotatable bonds is 8. The Morgan fingerprint density at radius 1 is 1.06 bits per heavy atom. The van der Waals surface area contributed by atoms with Crippen LogP contribution in [0.5, 0.6) is 0 Å². The summed E-state index contributed by atoms with van der Waals surface area (Å²) in [5, 5.41) is 1.12. The van der Waals surface area contributed by atoms with Crippen LogP contribution in [-0.4, -0.2) is 56.6 Å². The third-order valence-corrected chi connectivity index (χ3v) is 7.38. The van der Waals surface area contributed by atoms with Crippen LogP contribution in [0.15, 0.2) is 47.4 Å². The lowest BCUT2D eigenvalue weighted by Gasteiger charge is -2.24. The lowest BCUT2D eigenvalue weighted by Crippen LogP contribution is -2.38. The van der Waals surface area contributed by atoms with E-state index in [-0.39, 0.29) is 23.2 Å². The summed E-state index contributed by atoms with van der Waals surface area (Å²) in [6.07, 6.45) is 1.14. The molecule has 0 saturated carbocycles. The standard InChI is InChI=1S/C21H24ClN3O3S2.ClH/c1-4-24(5-2)13-14-25(21-23-19-17(22)7-6-8-18(19)29-21)20(26)15-9-11-16(12-10-15)30(3,27)28;/h6-12H,4-5,13-14H2,1-3H3;1H. The first-order chi connectivity index (χ1) is 14.2. The number of carbonyl (C=O) groups is 1. The van der Waals surface area contributed by atoms with E-state index in [0.717, 1.165) is 24.0 Å². The molecule has 3 aromatic rings. The van der Waals surface area contributed by atoms with E-state index in [4.69, 9.17) is 11.6 Å². The van der Waals surface area contributed by atoms with Crippen LogP contribution in [0.25, 0.3) is 10.2 Å². The maximum atomic E-state index is 13.3. The summed E-state index contributed by atoms with van der Waals surface area (Å²) in [6.45, 7) is 7.09. The first-order valence-electron chi connectivity index (χ1n) is 9.64. The molecule has 0 N–H and O–H groups in total. The molecule has 0 aliphatic heterocycles. The highest BCUT2D eigenvalue weighted by atomic mass is 35.5. The zero-order chi connectivity index (χ0) is 21.9. The van der Waals surface area contributed by atoms with Gasteiger partial charge in [0.05, 0.1) is 14.6 Å². The van der Waals surface area contributed by atoms with Crippen molar-refractivity contribution in [2.45, 2.75) is 18.7 Å². The summed E-state index contributed by atoms with van der Waals surface area (Å²) < 4.78 is 24.4. The number of benzene rings is 2. The molecule has 0 fully saturated rings. The molecule has 0 aliphatic carbocycles. The molecule has 0 atom stereocenters. The molecule has 168 valence electrons. The lowest BCUT2D eigenvalue weighted by atomic mass is 10.2. The Balaban J connectivity index is 0.00000341. The fraction of sp³-hybridized carbons (Fsp3) is 0.333. The fourth-order valence-electron chi connectivity index (χ4n) is 3.08. The average Bonchev–Trinajstić information content (AvgIpc) is 3.16. The highest BCUT2D eigenvalue weighted by Gasteiger charge is 2.23. The summed E-state index contributed by atoms with van der Waals surface area (Å²) in [6, 6.07) is 11.6. The Labute approximate surface area is 198 Å². The number of aromatic nitrogens is 1. The number of para-hydroxylation sites is 1. The molecule has 1 amide bonds. The predicted molar refractivity (Wildman–Crippen MR) is 131 cm³/mol. The Kier molecular flexibility index (Phi) is 8.85. The van der Waals surface area contributed by atoms with E-state index in [1.807, 2.05) is 12.1 Å². The molecule has 10 heteroatoms. The largest absolute Gasteiger partial charge is 0.302 e. The number of likely N-dealkylation sites (N-methyl/N-ethyl adjacent to an activating group) is 1. The van der Waals surface area contributed by atoms with Crippen molar-refractivity contribution in [1.82, 2.24) is 9.88 Å². The summed E-state index contributed by atoms with van der Waals surface area (Å²) in [7, 11) is -3.32. The van der Waals surface area contributed by atoms with Gasteiger partial charge in [0.25, 0.3) is 5.91 Å². The Hall–Kier alpha value is -1.71. The molecule has 2 aromatic carbocycles. The predicted octanol–water partition coefficient (Wildman–Crippen LogP) is 4.76. The quantitative estimate of drug-likeness (QED) is 0.444. The summed E-state index contributed by atoms with van der Waals surface area (Å²) in [4.78, 5) is 22.0. The van der Waals surface area contributed by atoms with Crippen molar-refractivity contribution in [2.24, 2.45) is 0 Å². The van der Waals surface area contributed by atoms with Crippen LogP contribution in [0.2, 0.25) is 5.02 Å². The number of nitrogens with zero attached hydrogens (tertiary/aromatic N) is 3. The van der Waals surface area contributed by atoms with Gasteiger partial charge in [-0.2, -0.15) is 0 Å². The van der Waals surface area contributed by atoms with Crippen molar-refractivity contribution in [3.63, 3.8) is 0 Å². The molecule has 0 aliphatic rings. The van der Waals surface area contributed by atoms with Gasteiger partial charge < -0.3 is 4.90 Å². The van der Waals surface area contributed by atoms with Crippen LogP contribution in [-0.2, 0) is 9.84 Å². The second kappa shape index (κ2) is 10.7. The first-order valence-corrected chi connectivity index (χ1v) is 12.7. The van der Waals surface area contributed by atoms with Gasteiger partial charge in [-0.25, -0.2) is 13.4 Å². The van der Waals surface area contributed by atoms with Gasteiger partial charge >= 0.3 is 0 Å². The van der Waals surface area contributed by atoms with Gasteiger partial charge in [-0.3, -0.25) is 9.69 Å². The second-order valence-electron chi connectivity index (χ2n) is 6.86. The Morgan fingerprint density at radius 2 is 1.71 bits per heavy atom. The summed E-state index contributed by atoms with van der Waals surface area (Å²) >= 11 is 7.69. The van der Waals surface area contributed by atoms with E-state index in [2.05, 4.69) is 23.7 Å². The number of halogens is 2. The molecule has 0 unspecified atom stereocenters. The average molecular weight is 502 g/mol. The molecule has 1 aromatic heterocycles. The van der Waals surface area contributed by atoms with Gasteiger partial charge in [0.2, 0.25) is 0 Å². The number of hydrogen-bond acceptors (Lipinski definition) is 6. The minimum Gasteiger partial charge on any atom is -0.302 e. The van der Waals surface area contributed by atoms with Crippen molar-refractivity contribution in [2.75, 3.05) is 37.3 Å². The molecule has 0 radical (unpaired) electrons. The van der Waals surface area contributed by atoms with Crippen molar-refractivity contribution < 1.29 is 13.2 Å². The number of anilines is 1. The minimum absolute atomic E-state index is 0. The zero-order valence-electron chi connectivity index (χ0n) is 17.5. The van der Waals surface area contributed by atoms with Crippen molar-refractivity contribution >= 4 is 66.4 Å². The zero-order valence-corrected chi connectivity index (χ0v) is 20.7. The van der Waals surface area contributed by atoms with Crippen LogP contribution in [0, 0.1) is 0 Å². The van der Waals surface area contributed by atoms with Gasteiger partial charge in [-0.05, 0) is 49.5 Å². The van der Waals surface area contributed by atoms with E-state index in [9.17, 15) is 13.2 Å². The SMILES string of the molecule is CCN(CC)CCN(C(=O)c1ccc(S(C)(=O)=O)cc1)c1nc2c(Cl)cccc2s1.Cl. The van der Waals surface area contributed by atoms with Crippen LogP contribution >= 0.6 is 35.3 Å². The summed E-state index contributed by atoms with van der Waals surface area (Å²) in [5.41, 5.74) is 1.08. The Morgan fingerprint density at radius 3 is 2.26 bits per heavy atom. The van der Waals surface area contributed by atoms with E-state index < -0.39 is 9.84 Å². The smallest absolute Gasteiger partial charge is 0.260 e. The van der Waals surface area contributed by atoms with Crippen LogP contribution in [0.4, 0.5) is 5.13 Å². The number of fused-ring (bicyclic) bond motifs is 1. The Bertz CT molecular complexity index is 1140. The van der Waals surface area contributed by atoms with Crippen molar-refractivity contribution in [3.8, 4) is 0 Å². The van der Waals surface area contributed by atoms with E-state index in [1.165, 1.54) is 23.5 Å². The van der Waals surface area contributed by atoms with E-state index in [1.54, 1.807) is 23.1 Å². The summed E-state index contributed by atoms with van der Waals surface area (Å²) in [5.74, 6) is -0.225. The number of carbonyl (C=O) groups excluding carboxylic acids is 1. The molecule has 6 nitrogen and oxygen atoms in total. The molecule has 1 heterocycles. The third-order valence-electron chi connectivity index (χ3n) is 4.90. The van der Waals surface area contributed by atoms with Crippen LogP contribution < -0.4 is 4.90 Å². The molecule has 0 spiro atoms. The topological polar surface area (TPSA) is 70.6 Å². The lowest BCUT2D eigenvalue weighted by molar-refractivity contribution is 0.0983. The monoisotopic (exact) mass is 501 g/mol. The second-order valence-corrected chi connectivity index (χ2v) is 10.3. The molecule has 0 saturated heterocycles. The van der Waals surface area contributed by atoms with Gasteiger partial charge in [-0.15, -0.1) is 12.4 Å². The normalized spacial score (nSPS) is 11.5. The maximum Gasteiger partial charge on any atom is 0.260 e. The molecular formula is C21H25Cl2N3O3S2.